The molecule has 0 aliphatic heterocycles. The van der Waals surface area contributed by atoms with Gasteiger partial charge in [0.1, 0.15) is 0 Å². The van der Waals surface area contributed by atoms with Gasteiger partial charge in [0.05, 0.1) is 19.2 Å². The van der Waals surface area contributed by atoms with Gasteiger partial charge in [0.25, 0.3) is 0 Å². The second-order valence-corrected chi connectivity index (χ2v) is 2.90. The molecule has 0 aromatic heterocycles. The highest BCUT2D eigenvalue weighted by atomic mass is 19.1. The molecule has 0 fully saturated rings. The summed E-state index contributed by atoms with van der Waals surface area (Å²) in [6.07, 6.45) is 1.69. The van der Waals surface area contributed by atoms with Crippen molar-refractivity contribution in [3.63, 3.8) is 0 Å². The fourth-order valence-electron chi connectivity index (χ4n) is 1.32. The summed E-state index contributed by atoms with van der Waals surface area (Å²) in [7, 11) is 0. The number of aryl methyl sites for hydroxylation is 1. The zero-order valence-corrected chi connectivity index (χ0v) is 7.46. The van der Waals surface area contributed by atoms with Gasteiger partial charge >= 0.3 is 0 Å². The Labute approximate surface area is 77.8 Å². The first-order chi connectivity index (χ1) is 6.38. The maximum atomic E-state index is 11.9. The predicted octanol–water partition coefficient (Wildman–Crippen LogP) is 2.65. The molecule has 0 aliphatic rings. The van der Waals surface area contributed by atoms with Gasteiger partial charge in [0.15, 0.2) is 0 Å². The molecule has 13 heavy (non-hydrogen) atoms. The van der Waals surface area contributed by atoms with E-state index in [0.717, 1.165) is 17.5 Å². The van der Waals surface area contributed by atoms with Crippen LogP contribution in [0, 0.1) is 11.3 Å². The molecule has 0 spiro atoms. The Morgan fingerprint density at radius 2 is 1.92 bits per heavy atom. The van der Waals surface area contributed by atoms with Gasteiger partial charge in [0, 0.05) is 0 Å². The molecule has 0 saturated carbocycles. The third-order valence-electron chi connectivity index (χ3n) is 1.97. The standard InChI is InChI=1S/C11H12FN/c12-8-3-6-10-4-1-2-5-11(10)7-9-13/h1-2,4-5H,3,6-8H2. The van der Waals surface area contributed by atoms with Gasteiger partial charge < -0.3 is 0 Å². The van der Waals surface area contributed by atoms with Crippen LogP contribution >= 0.6 is 0 Å². The summed E-state index contributed by atoms with van der Waals surface area (Å²) < 4.78 is 11.9. The Kier molecular flexibility index (Phi) is 3.98. The van der Waals surface area contributed by atoms with Crippen molar-refractivity contribution in [3.05, 3.63) is 35.4 Å². The van der Waals surface area contributed by atoms with Crippen molar-refractivity contribution in [1.82, 2.24) is 0 Å². The molecule has 0 N–H and O–H groups in total. The van der Waals surface area contributed by atoms with Gasteiger partial charge in [0.2, 0.25) is 0 Å². The van der Waals surface area contributed by atoms with Crippen LogP contribution < -0.4 is 0 Å². The number of benzene rings is 1. The van der Waals surface area contributed by atoms with Crippen molar-refractivity contribution in [3.8, 4) is 6.07 Å². The van der Waals surface area contributed by atoms with Crippen molar-refractivity contribution in [1.29, 1.82) is 5.26 Å². The molecule has 0 radical (unpaired) electrons. The molecule has 0 saturated heterocycles. The molecular formula is C11H12FN. The monoisotopic (exact) mass is 177 g/mol. The maximum absolute atomic E-state index is 11.9. The molecular weight excluding hydrogens is 165 g/mol. The minimum atomic E-state index is -0.291. The van der Waals surface area contributed by atoms with Crippen LogP contribution in [0.3, 0.4) is 0 Å². The average Bonchev–Trinajstić information content (AvgIpc) is 2.17. The molecule has 1 nitrogen and oxygen atoms in total. The van der Waals surface area contributed by atoms with Crippen LogP contribution in [0.2, 0.25) is 0 Å². The molecule has 1 aromatic carbocycles. The van der Waals surface area contributed by atoms with E-state index in [1.165, 1.54) is 0 Å². The zero-order valence-electron chi connectivity index (χ0n) is 7.46. The van der Waals surface area contributed by atoms with Crippen LogP contribution in [0.15, 0.2) is 24.3 Å². The van der Waals surface area contributed by atoms with Gasteiger partial charge in [-0.15, -0.1) is 0 Å². The van der Waals surface area contributed by atoms with E-state index in [2.05, 4.69) is 6.07 Å². The highest BCUT2D eigenvalue weighted by molar-refractivity contribution is 5.29. The number of rotatable bonds is 4. The van der Waals surface area contributed by atoms with Crippen molar-refractivity contribution < 1.29 is 4.39 Å². The quantitative estimate of drug-likeness (QED) is 0.693. The Hall–Kier alpha value is -1.36. The van der Waals surface area contributed by atoms with E-state index in [-0.39, 0.29) is 6.67 Å². The highest BCUT2D eigenvalue weighted by Gasteiger charge is 2.00. The lowest BCUT2D eigenvalue weighted by Crippen LogP contribution is -1.93. The first-order valence-corrected chi connectivity index (χ1v) is 4.38. The molecule has 1 aromatic rings. The minimum Gasteiger partial charge on any atom is -0.251 e. The van der Waals surface area contributed by atoms with Crippen molar-refractivity contribution >= 4 is 0 Å². The van der Waals surface area contributed by atoms with E-state index < -0.39 is 0 Å². The number of hydrogen-bond donors (Lipinski definition) is 0. The maximum Gasteiger partial charge on any atom is 0.0897 e. The Bertz CT molecular complexity index is 301. The van der Waals surface area contributed by atoms with E-state index in [0.29, 0.717) is 12.8 Å². The summed E-state index contributed by atoms with van der Waals surface area (Å²) in [6, 6.07) is 9.83. The SMILES string of the molecule is N#CCc1ccccc1CCCF. The largest absolute Gasteiger partial charge is 0.251 e. The normalized spacial score (nSPS) is 9.54. The first-order valence-electron chi connectivity index (χ1n) is 4.38. The van der Waals surface area contributed by atoms with Gasteiger partial charge in [-0.1, -0.05) is 24.3 Å². The summed E-state index contributed by atoms with van der Waals surface area (Å²) >= 11 is 0. The van der Waals surface area contributed by atoms with Crippen LogP contribution in [0.25, 0.3) is 0 Å². The van der Waals surface area contributed by atoms with Crippen LogP contribution in [0.4, 0.5) is 4.39 Å². The smallest absolute Gasteiger partial charge is 0.0897 e. The highest BCUT2D eigenvalue weighted by Crippen LogP contribution is 2.11. The van der Waals surface area contributed by atoms with E-state index in [4.69, 9.17) is 5.26 Å². The molecule has 0 bridgehead atoms. The fourth-order valence-corrected chi connectivity index (χ4v) is 1.32. The molecule has 2 heteroatoms. The number of halogens is 1. The average molecular weight is 177 g/mol. The Morgan fingerprint density at radius 3 is 2.54 bits per heavy atom. The van der Waals surface area contributed by atoms with Gasteiger partial charge in [-0.2, -0.15) is 5.26 Å². The summed E-state index contributed by atoms with van der Waals surface area (Å²) in [6.45, 7) is -0.291. The van der Waals surface area contributed by atoms with E-state index >= 15 is 0 Å². The second kappa shape index (κ2) is 5.31. The molecule has 0 atom stereocenters. The van der Waals surface area contributed by atoms with E-state index in [1.54, 1.807) is 0 Å². The Balaban J connectivity index is 2.73. The summed E-state index contributed by atoms with van der Waals surface area (Å²) in [5, 5.41) is 8.55. The molecule has 68 valence electrons. The third kappa shape index (κ3) is 2.87. The van der Waals surface area contributed by atoms with Crippen LogP contribution in [-0.2, 0) is 12.8 Å². The van der Waals surface area contributed by atoms with Gasteiger partial charge in [-0.25, -0.2) is 0 Å². The molecule has 0 heterocycles. The van der Waals surface area contributed by atoms with E-state index in [9.17, 15) is 4.39 Å². The molecule has 0 amide bonds. The number of hydrogen-bond acceptors (Lipinski definition) is 1. The van der Waals surface area contributed by atoms with Crippen LogP contribution in [0.5, 0.6) is 0 Å². The van der Waals surface area contributed by atoms with E-state index in [1.807, 2.05) is 24.3 Å². The lowest BCUT2D eigenvalue weighted by molar-refractivity contribution is 0.472. The Morgan fingerprint density at radius 1 is 1.23 bits per heavy atom. The number of nitrogens with zero attached hydrogens (tertiary/aromatic N) is 1. The zero-order chi connectivity index (χ0) is 9.52. The summed E-state index contributed by atoms with van der Waals surface area (Å²) in [5.41, 5.74) is 2.13. The number of alkyl halides is 1. The van der Waals surface area contributed by atoms with Crippen molar-refractivity contribution in [2.45, 2.75) is 19.3 Å². The van der Waals surface area contributed by atoms with Gasteiger partial charge in [-0.3, -0.25) is 4.39 Å². The van der Waals surface area contributed by atoms with Crippen molar-refractivity contribution in [2.75, 3.05) is 6.67 Å². The van der Waals surface area contributed by atoms with Crippen molar-refractivity contribution in [2.24, 2.45) is 0 Å². The molecule has 1 rings (SSSR count). The van der Waals surface area contributed by atoms with Crippen LogP contribution in [-0.4, -0.2) is 6.67 Å². The topological polar surface area (TPSA) is 23.8 Å². The predicted molar refractivity (Wildman–Crippen MR) is 50.1 cm³/mol. The summed E-state index contributed by atoms with van der Waals surface area (Å²) in [4.78, 5) is 0. The molecule has 0 aliphatic carbocycles. The third-order valence-corrected chi connectivity index (χ3v) is 1.97. The molecule has 0 unspecified atom stereocenters. The first kappa shape index (κ1) is 9.73. The lowest BCUT2D eigenvalue weighted by Gasteiger charge is -2.04. The van der Waals surface area contributed by atoms with Crippen LogP contribution in [0.1, 0.15) is 17.5 Å². The summed E-state index contributed by atoms with van der Waals surface area (Å²) in [5.74, 6) is 0. The second-order valence-electron chi connectivity index (χ2n) is 2.90. The fraction of sp³-hybridized carbons (Fsp3) is 0.364. The number of nitriles is 1. The van der Waals surface area contributed by atoms with Gasteiger partial charge in [-0.05, 0) is 24.0 Å². The lowest BCUT2D eigenvalue weighted by atomic mass is 10.0. The minimum absolute atomic E-state index is 0.291.